The molecule has 0 unspecified atom stereocenters. The van der Waals surface area contributed by atoms with Gasteiger partial charge in [-0.05, 0) is 194 Å². The molecular weight excluding hydrogens is 1510 g/mol. The average Bonchev–Trinajstić information content (AvgIpc) is 1.59. The van der Waals surface area contributed by atoms with Crippen LogP contribution in [0.4, 0.5) is 0 Å². The van der Waals surface area contributed by atoms with Gasteiger partial charge in [-0.3, -0.25) is 0 Å². The van der Waals surface area contributed by atoms with Gasteiger partial charge in [0.15, 0.2) is 0 Å². The van der Waals surface area contributed by atoms with Crippen LogP contribution in [0.3, 0.4) is 0 Å². The molecule has 0 fully saturated rings. The van der Waals surface area contributed by atoms with Crippen LogP contribution in [0, 0.1) is 48.5 Å². The Morgan fingerprint density at radius 1 is 0.202 bits per heavy atom. The van der Waals surface area contributed by atoms with Crippen LogP contribution >= 0.6 is 0 Å². The van der Waals surface area contributed by atoms with Gasteiger partial charge in [0.05, 0.1) is 45.9 Å². The third-order valence-corrected chi connectivity index (χ3v) is 21.8. The van der Waals surface area contributed by atoms with E-state index < -0.39 is 0 Å². The van der Waals surface area contributed by atoms with Gasteiger partial charge >= 0.3 is 39.0 Å². The average molecular weight is 1580 g/mol. The van der Waals surface area contributed by atoms with Crippen LogP contribution < -0.4 is 19.9 Å². The third kappa shape index (κ3) is 12.9. The van der Waals surface area contributed by atoms with E-state index in [9.17, 15) is 0 Å². The Bertz CT molecular complexity index is 6970. The van der Waals surface area contributed by atoms with Crippen molar-refractivity contribution in [2.45, 2.75) is 157 Å². The van der Waals surface area contributed by atoms with Crippen LogP contribution in [-0.4, -0.2) is 59.8 Å². The van der Waals surface area contributed by atoms with E-state index in [4.69, 9.17) is 79.7 Å². The molecule has 0 atom stereocenters. The number of aromatic nitrogens is 16. The summed E-state index contributed by atoms with van der Waals surface area (Å²) in [6.07, 6.45) is 0. The SMILES string of the molecule is CC(C)(C)c1ccc2c(c1)-c1nc-2nc2[n-]c(nc3nc(nc4[n-]c(n1)c1cc(C(C)(C)C)ccc41)c1cc4c#cc#cc5cc6c7nc(nc8[n-]c(nc9nc(nc%10[n-]c(n7)c7ccc(C(C)(C)C)cc%107)-c7cc(C(C)(C)C)ccc7-9)c7cc(C(C)(C)C)ccc87)c6cc5c#cc#cc4cc31)c1ccc(C(C)(C)C)cc21.[Zn+2].[Zn+2]. The van der Waals surface area contributed by atoms with E-state index in [0.717, 1.165) is 98.7 Å². The predicted octanol–water partition coefficient (Wildman–Crippen LogP) is 20.9. The molecule has 0 saturated heterocycles. The van der Waals surface area contributed by atoms with Crippen molar-refractivity contribution in [3.8, 4) is 45.6 Å². The number of hydrogen-bond donors (Lipinski definition) is 0. The Hall–Kier alpha value is -12.0. The van der Waals surface area contributed by atoms with Crippen molar-refractivity contribution in [1.29, 1.82) is 0 Å². The summed E-state index contributed by atoms with van der Waals surface area (Å²) in [5.74, 6) is 1.98. The van der Waals surface area contributed by atoms with Crippen molar-refractivity contribution >= 4 is 154 Å². The first-order chi connectivity index (χ1) is 53.2. The van der Waals surface area contributed by atoms with Gasteiger partial charge in [-0.2, -0.15) is 0 Å². The maximum Gasteiger partial charge on any atom is 2.00 e. The fourth-order valence-corrected chi connectivity index (χ4v) is 15.0. The van der Waals surface area contributed by atoms with Gasteiger partial charge in [-0.15, -0.1) is 0 Å². The molecule has 0 aliphatic carbocycles. The summed E-state index contributed by atoms with van der Waals surface area (Å²) in [5, 5.41) is 11.5. The summed E-state index contributed by atoms with van der Waals surface area (Å²) in [7, 11) is 0. The Labute approximate surface area is 685 Å². The van der Waals surface area contributed by atoms with E-state index in [1.807, 2.05) is 24.3 Å². The number of rotatable bonds is 0. The van der Waals surface area contributed by atoms with E-state index in [1.54, 1.807) is 0 Å². The Kier molecular flexibility index (Phi) is 17.2. The molecule has 0 saturated carbocycles. The molecule has 16 bridgehead atoms. The second-order valence-corrected chi connectivity index (χ2v) is 35.9. The maximum absolute atomic E-state index is 5.40. The third-order valence-electron chi connectivity index (χ3n) is 21.8. The summed E-state index contributed by atoms with van der Waals surface area (Å²) in [6.45, 7) is 39.6. The monoisotopic (exact) mass is 1580 g/mol. The predicted molar refractivity (Wildman–Crippen MR) is 449 cm³/mol. The van der Waals surface area contributed by atoms with Crippen LogP contribution in [0.15, 0.2) is 133 Å². The molecule has 2 aliphatic rings. The topological polar surface area (TPSA) is 211 Å². The first-order valence-electron chi connectivity index (χ1n) is 37.9. The second kappa shape index (κ2) is 26.3. The van der Waals surface area contributed by atoms with Crippen LogP contribution in [0.1, 0.15) is 158 Å². The second-order valence-electron chi connectivity index (χ2n) is 35.9. The van der Waals surface area contributed by atoms with Gasteiger partial charge in [0.1, 0.15) is 0 Å². The number of benzene rings is 8. The zero-order chi connectivity index (χ0) is 77.8. The number of hydrogen-bond acceptors (Lipinski definition) is 12. The van der Waals surface area contributed by atoms with Crippen LogP contribution in [0.25, 0.3) is 199 Å². The molecule has 9 aromatic carbocycles. The summed E-state index contributed by atoms with van der Waals surface area (Å²) in [6, 6.07) is 72.8. The van der Waals surface area contributed by atoms with E-state index in [-0.39, 0.29) is 71.4 Å². The van der Waals surface area contributed by atoms with E-state index in [2.05, 4.69) is 282 Å². The molecular formula is C96H76N16Zn2. The molecule has 2 aliphatic heterocycles. The molecule has 19 rings (SSSR count). The first kappa shape index (κ1) is 74.7. The minimum absolute atomic E-state index is 0. The molecule has 0 spiro atoms. The van der Waals surface area contributed by atoms with Crippen molar-refractivity contribution in [3.63, 3.8) is 0 Å². The van der Waals surface area contributed by atoms with Crippen molar-refractivity contribution < 1.29 is 39.0 Å². The van der Waals surface area contributed by atoms with E-state index >= 15 is 0 Å². The van der Waals surface area contributed by atoms with Crippen molar-refractivity contribution in [2.75, 3.05) is 0 Å². The summed E-state index contributed by atoms with van der Waals surface area (Å²) in [5.41, 5.74) is 14.2. The first-order valence-corrected chi connectivity index (χ1v) is 37.9. The van der Waals surface area contributed by atoms with Crippen molar-refractivity contribution in [2.24, 2.45) is 0 Å². The quantitative estimate of drug-likeness (QED) is 0.129. The Morgan fingerprint density at radius 3 is 0.649 bits per heavy atom. The minimum Gasteiger partial charge on any atom is -0.357 e. The summed E-state index contributed by atoms with van der Waals surface area (Å²) in [4.78, 5) is 85.4. The largest absolute Gasteiger partial charge is 2.00 e. The fraction of sp³-hybridized carbons (Fsp3) is 0.250. The molecule has 8 aromatic heterocycles. The fourth-order valence-electron chi connectivity index (χ4n) is 15.0. The molecule has 0 N–H and O–H groups in total. The van der Waals surface area contributed by atoms with Gasteiger partial charge in [0, 0.05) is 111 Å². The molecule has 18 heteroatoms. The molecule has 0 radical (unpaired) electrons. The zero-order valence-electron chi connectivity index (χ0n) is 67.3. The summed E-state index contributed by atoms with van der Waals surface area (Å²) < 4.78 is 0. The van der Waals surface area contributed by atoms with Gasteiger partial charge in [-0.1, -0.05) is 222 Å². The smallest absolute Gasteiger partial charge is 0.357 e. The Balaban J connectivity index is 0.00000469. The zero-order valence-corrected chi connectivity index (χ0v) is 73.2. The molecule has 17 aromatic rings. The van der Waals surface area contributed by atoms with Gasteiger partial charge in [0.25, 0.3) is 0 Å². The molecule has 544 valence electrons. The Morgan fingerprint density at radius 2 is 0.412 bits per heavy atom. The standard InChI is InChI=1S/C96H76N16.2Zn/c1-91(2,3)53-27-33-59-69(43-53)85-101-75(59)97-81-65-39-49-23-19-20-24-50-40-66-68(42-52(50)26-22-21-25-51(49)41-67(65)83(109-81)99-77-61-35-29-55(93(7,8)9)45-71(61)87(105-77)111-89-73-47-57(95(13,14)15)31-37-63(73)79(103-85)107-89)84-100-78-62-36-30-56(94(10,11)12)46-72(62)88(106-78)112-90-74-48-58(96(16,17)18)32-38-64(74)80(108-90)104-86-70-44-54(92(4,5)6)28-34-60(70)76(102-86)98-82(66)110-84;;/h27-48H,1-18H3;;/q-4;2*+2. The normalized spacial score (nSPS) is 12.6. The number of nitrogens with zero attached hydrogens (tertiary/aromatic N) is 16. The molecule has 16 nitrogen and oxygen atoms in total. The molecule has 0 amide bonds. The van der Waals surface area contributed by atoms with E-state index in [1.165, 1.54) is 0 Å². The van der Waals surface area contributed by atoms with Crippen molar-refractivity contribution in [1.82, 2.24) is 79.7 Å². The minimum atomic E-state index is -0.192. The molecule has 10 heterocycles. The van der Waals surface area contributed by atoms with Crippen LogP contribution in [-0.2, 0) is 71.4 Å². The van der Waals surface area contributed by atoms with Crippen LogP contribution in [0.2, 0.25) is 0 Å². The number of fused-ring (bicyclic) bond motifs is 42. The molecule has 114 heavy (non-hydrogen) atoms. The van der Waals surface area contributed by atoms with Gasteiger partial charge in [-0.25, -0.2) is 19.9 Å². The van der Waals surface area contributed by atoms with Gasteiger partial charge in [0.2, 0.25) is 0 Å². The van der Waals surface area contributed by atoms with Crippen molar-refractivity contribution in [3.05, 3.63) is 215 Å². The van der Waals surface area contributed by atoms with Gasteiger partial charge < -0.3 is 59.8 Å². The summed E-state index contributed by atoms with van der Waals surface area (Å²) >= 11 is 0. The van der Waals surface area contributed by atoms with Crippen LogP contribution in [0.5, 0.6) is 0 Å². The van der Waals surface area contributed by atoms with E-state index in [0.29, 0.717) is 134 Å². The maximum atomic E-state index is 5.40.